The molecule has 1 aromatic rings. The summed E-state index contributed by atoms with van der Waals surface area (Å²) in [5.41, 5.74) is 0. The van der Waals surface area contributed by atoms with Gasteiger partial charge in [-0.2, -0.15) is 0 Å². The van der Waals surface area contributed by atoms with Crippen LogP contribution in [0.2, 0.25) is 0 Å². The Labute approximate surface area is 109 Å². The number of aromatic nitrogens is 1. The quantitative estimate of drug-likeness (QED) is 0.757. The molecule has 1 atom stereocenters. The highest BCUT2D eigenvalue weighted by molar-refractivity contribution is 4.97. The van der Waals surface area contributed by atoms with Crippen molar-refractivity contribution in [2.75, 3.05) is 19.7 Å². The van der Waals surface area contributed by atoms with Crippen molar-refractivity contribution in [3.05, 3.63) is 17.8 Å². The first-order chi connectivity index (χ1) is 8.88. The van der Waals surface area contributed by atoms with E-state index in [9.17, 15) is 0 Å². The van der Waals surface area contributed by atoms with E-state index in [1.54, 1.807) is 0 Å². The van der Waals surface area contributed by atoms with Crippen LogP contribution in [0, 0.1) is 0 Å². The molecule has 0 radical (unpaired) electrons. The second-order valence-electron chi connectivity index (χ2n) is 4.91. The minimum atomic E-state index is 0.331. The van der Waals surface area contributed by atoms with Gasteiger partial charge in [-0.05, 0) is 32.2 Å². The van der Waals surface area contributed by atoms with E-state index >= 15 is 0 Å². The van der Waals surface area contributed by atoms with E-state index in [0.717, 1.165) is 57.0 Å². The molecule has 0 aliphatic carbocycles. The summed E-state index contributed by atoms with van der Waals surface area (Å²) in [5, 5.41) is 3.35. The molecule has 1 N–H and O–H groups in total. The molecule has 0 aromatic carbocycles. The number of rotatable bonds is 7. The number of oxazole rings is 1. The fourth-order valence-corrected chi connectivity index (χ4v) is 2.25. The summed E-state index contributed by atoms with van der Waals surface area (Å²) in [6.07, 6.45) is 8.70. The molecule has 102 valence electrons. The Morgan fingerprint density at radius 2 is 2.33 bits per heavy atom. The summed E-state index contributed by atoms with van der Waals surface area (Å²) in [7, 11) is 0. The molecule has 1 aromatic heterocycles. The number of ether oxygens (including phenoxy) is 1. The predicted molar refractivity (Wildman–Crippen MR) is 70.7 cm³/mol. The van der Waals surface area contributed by atoms with Gasteiger partial charge in [-0.25, -0.2) is 4.98 Å². The zero-order valence-electron chi connectivity index (χ0n) is 11.3. The van der Waals surface area contributed by atoms with Gasteiger partial charge in [-0.1, -0.05) is 6.92 Å². The standard InChI is InChI=1S/C14H24N2O2/c1-2-7-15-8-6-14-16-11-13(18-14)10-12-5-3-4-9-17-12/h11-12,15H,2-10H2,1H3. The molecular formula is C14H24N2O2. The molecule has 2 rings (SSSR count). The van der Waals surface area contributed by atoms with Crippen LogP contribution in [-0.4, -0.2) is 30.8 Å². The Morgan fingerprint density at radius 1 is 1.39 bits per heavy atom. The highest BCUT2D eigenvalue weighted by Crippen LogP contribution is 2.17. The maximum atomic E-state index is 5.74. The Morgan fingerprint density at radius 3 is 3.11 bits per heavy atom. The SMILES string of the molecule is CCCNCCc1ncc(CC2CCCCO2)o1. The molecule has 0 saturated carbocycles. The lowest BCUT2D eigenvalue weighted by Gasteiger charge is -2.21. The maximum absolute atomic E-state index is 5.74. The zero-order valence-corrected chi connectivity index (χ0v) is 11.3. The van der Waals surface area contributed by atoms with E-state index < -0.39 is 0 Å². The highest BCUT2D eigenvalue weighted by atomic mass is 16.5. The van der Waals surface area contributed by atoms with Gasteiger partial charge in [0.25, 0.3) is 0 Å². The molecule has 1 fully saturated rings. The summed E-state index contributed by atoms with van der Waals surface area (Å²) in [6.45, 7) is 5.06. The van der Waals surface area contributed by atoms with Gasteiger partial charge in [0.15, 0.2) is 5.89 Å². The molecule has 1 aliphatic rings. The minimum absolute atomic E-state index is 0.331. The second kappa shape index (κ2) is 7.54. The van der Waals surface area contributed by atoms with E-state index in [-0.39, 0.29) is 0 Å². The summed E-state index contributed by atoms with van der Waals surface area (Å²) < 4.78 is 11.4. The fourth-order valence-electron chi connectivity index (χ4n) is 2.25. The average molecular weight is 252 g/mol. The van der Waals surface area contributed by atoms with Crippen LogP contribution in [0.3, 0.4) is 0 Å². The van der Waals surface area contributed by atoms with Gasteiger partial charge in [0.05, 0.1) is 12.3 Å². The van der Waals surface area contributed by atoms with E-state index in [1.165, 1.54) is 12.8 Å². The van der Waals surface area contributed by atoms with Gasteiger partial charge in [0.2, 0.25) is 0 Å². The third-order valence-electron chi connectivity index (χ3n) is 3.25. The van der Waals surface area contributed by atoms with E-state index in [1.807, 2.05) is 6.20 Å². The number of hydrogen-bond acceptors (Lipinski definition) is 4. The van der Waals surface area contributed by atoms with Crippen LogP contribution in [0.1, 0.15) is 44.3 Å². The smallest absolute Gasteiger partial charge is 0.195 e. The molecule has 1 aliphatic heterocycles. The van der Waals surface area contributed by atoms with Crippen LogP contribution in [0.4, 0.5) is 0 Å². The zero-order chi connectivity index (χ0) is 12.6. The van der Waals surface area contributed by atoms with Gasteiger partial charge in [-0.15, -0.1) is 0 Å². The first kappa shape index (κ1) is 13.6. The molecule has 0 bridgehead atoms. The average Bonchev–Trinajstić information content (AvgIpc) is 2.84. The van der Waals surface area contributed by atoms with Crippen molar-refractivity contribution in [2.45, 2.75) is 51.6 Å². The van der Waals surface area contributed by atoms with Crippen LogP contribution in [-0.2, 0) is 17.6 Å². The third-order valence-corrected chi connectivity index (χ3v) is 3.25. The summed E-state index contributed by atoms with van der Waals surface area (Å²) in [4.78, 5) is 4.32. The van der Waals surface area contributed by atoms with Gasteiger partial charge < -0.3 is 14.5 Å². The Bertz CT molecular complexity index is 332. The topological polar surface area (TPSA) is 47.3 Å². The fraction of sp³-hybridized carbons (Fsp3) is 0.786. The normalized spacial score (nSPS) is 20.2. The number of hydrogen-bond donors (Lipinski definition) is 1. The number of nitrogens with one attached hydrogen (secondary N) is 1. The van der Waals surface area contributed by atoms with Crippen LogP contribution in [0.25, 0.3) is 0 Å². The molecular weight excluding hydrogens is 228 g/mol. The Kier molecular flexibility index (Phi) is 5.68. The summed E-state index contributed by atoms with van der Waals surface area (Å²) in [5.74, 6) is 1.80. The van der Waals surface area contributed by atoms with Gasteiger partial charge in [0.1, 0.15) is 5.76 Å². The van der Waals surface area contributed by atoms with Gasteiger partial charge in [0, 0.05) is 26.0 Å². The summed E-state index contributed by atoms with van der Waals surface area (Å²) in [6, 6.07) is 0. The minimum Gasteiger partial charge on any atom is -0.446 e. The Hall–Kier alpha value is -0.870. The molecule has 0 amide bonds. The van der Waals surface area contributed by atoms with Crippen molar-refractivity contribution < 1.29 is 9.15 Å². The van der Waals surface area contributed by atoms with Gasteiger partial charge >= 0.3 is 0 Å². The summed E-state index contributed by atoms with van der Waals surface area (Å²) >= 11 is 0. The molecule has 1 saturated heterocycles. The van der Waals surface area contributed by atoms with E-state index in [4.69, 9.17) is 9.15 Å². The third kappa shape index (κ3) is 4.42. The lowest BCUT2D eigenvalue weighted by Crippen LogP contribution is -2.21. The highest BCUT2D eigenvalue weighted by Gasteiger charge is 2.16. The largest absolute Gasteiger partial charge is 0.446 e. The predicted octanol–water partition coefficient (Wildman–Crippen LogP) is 2.33. The first-order valence-electron chi connectivity index (χ1n) is 7.14. The first-order valence-corrected chi connectivity index (χ1v) is 7.14. The van der Waals surface area contributed by atoms with Gasteiger partial charge in [-0.3, -0.25) is 0 Å². The van der Waals surface area contributed by atoms with Crippen LogP contribution < -0.4 is 5.32 Å². The van der Waals surface area contributed by atoms with Crippen LogP contribution in [0.5, 0.6) is 0 Å². The van der Waals surface area contributed by atoms with E-state index in [0.29, 0.717) is 6.10 Å². The van der Waals surface area contributed by atoms with Crippen molar-refractivity contribution in [1.82, 2.24) is 10.3 Å². The lowest BCUT2D eigenvalue weighted by molar-refractivity contribution is 0.0138. The monoisotopic (exact) mass is 252 g/mol. The van der Waals surface area contributed by atoms with Crippen molar-refractivity contribution in [1.29, 1.82) is 0 Å². The Balaban J connectivity index is 1.71. The van der Waals surface area contributed by atoms with E-state index in [2.05, 4.69) is 17.2 Å². The molecule has 4 heteroatoms. The number of nitrogens with zero attached hydrogens (tertiary/aromatic N) is 1. The van der Waals surface area contributed by atoms with Crippen molar-refractivity contribution in [2.24, 2.45) is 0 Å². The van der Waals surface area contributed by atoms with Crippen LogP contribution >= 0.6 is 0 Å². The molecule has 18 heavy (non-hydrogen) atoms. The van der Waals surface area contributed by atoms with Crippen molar-refractivity contribution in [3.63, 3.8) is 0 Å². The molecule has 0 spiro atoms. The van der Waals surface area contributed by atoms with Crippen molar-refractivity contribution >= 4 is 0 Å². The van der Waals surface area contributed by atoms with Crippen molar-refractivity contribution in [3.8, 4) is 0 Å². The molecule has 4 nitrogen and oxygen atoms in total. The molecule has 2 heterocycles. The second-order valence-corrected chi connectivity index (χ2v) is 4.91. The van der Waals surface area contributed by atoms with Crippen LogP contribution in [0.15, 0.2) is 10.6 Å². The maximum Gasteiger partial charge on any atom is 0.195 e. The lowest BCUT2D eigenvalue weighted by atomic mass is 10.1. The molecule has 1 unspecified atom stereocenters.